The van der Waals surface area contributed by atoms with Crippen molar-refractivity contribution in [1.82, 2.24) is 0 Å². The van der Waals surface area contributed by atoms with Crippen LogP contribution in [0.5, 0.6) is 0 Å². The fraction of sp³-hybridized carbons (Fsp3) is 0.182. The predicted octanol–water partition coefficient (Wildman–Crippen LogP) is 8.93. The molecule has 2 aromatic carbocycles. The summed E-state index contributed by atoms with van der Waals surface area (Å²) >= 11 is 7.84. The minimum atomic E-state index is 1.40. The third kappa shape index (κ3) is 1.88. The molecule has 0 bridgehead atoms. The second-order valence-electron chi connectivity index (χ2n) is 7.15. The van der Waals surface area contributed by atoms with Crippen LogP contribution in [0.15, 0.2) is 24.3 Å². The van der Waals surface area contributed by atoms with Gasteiger partial charge in [0.25, 0.3) is 0 Å². The van der Waals surface area contributed by atoms with Crippen LogP contribution < -0.4 is 0 Å². The maximum atomic E-state index is 2.39. The standard InChI is InChI=1S/C22H16S4/c1-9-5-13-14-6-10(2)24-20(14)18-17(19(13)23-9)21-15(7-11(3)25-21)16-8-12(4)26-22(16)18/h5-8H,1-4H3. The Hall–Kier alpha value is -1.46. The van der Waals surface area contributed by atoms with E-state index in [2.05, 4.69) is 52.0 Å². The molecule has 0 aliphatic heterocycles. The van der Waals surface area contributed by atoms with Gasteiger partial charge in [0.1, 0.15) is 0 Å². The number of rotatable bonds is 0. The third-order valence-electron chi connectivity index (χ3n) is 5.16. The summed E-state index contributed by atoms with van der Waals surface area (Å²) in [6, 6.07) is 9.57. The van der Waals surface area contributed by atoms with E-state index in [0.717, 1.165) is 0 Å². The molecule has 128 valence electrons. The van der Waals surface area contributed by atoms with Crippen LogP contribution in [-0.4, -0.2) is 0 Å². The van der Waals surface area contributed by atoms with Gasteiger partial charge in [-0.3, -0.25) is 0 Å². The summed E-state index contributed by atoms with van der Waals surface area (Å²) in [5.41, 5.74) is 0. The van der Waals surface area contributed by atoms with Gasteiger partial charge >= 0.3 is 0 Å². The largest absolute Gasteiger partial charge is 0.140 e. The first-order valence-corrected chi connectivity index (χ1v) is 12.0. The Balaban J connectivity index is 2.11. The van der Waals surface area contributed by atoms with Gasteiger partial charge in [-0.25, -0.2) is 0 Å². The molecule has 0 amide bonds. The van der Waals surface area contributed by atoms with Crippen molar-refractivity contribution in [2.75, 3.05) is 0 Å². The van der Waals surface area contributed by atoms with Gasteiger partial charge in [-0.2, -0.15) is 0 Å². The lowest BCUT2D eigenvalue weighted by molar-refractivity contribution is 1.65. The molecule has 0 aliphatic carbocycles. The molecule has 0 saturated carbocycles. The molecule has 0 nitrogen and oxygen atoms in total. The van der Waals surface area contributed by atoms with E-state index >= 15 is 0 Å². The summed E-state index contributed by atoms with van der Waals surface area (Å²) in [6.07, 6.45) is 0. The Labute approximate surface area is 167 Å². The number of aryl methyl sites for hydroxylation is 4. The molecule has 4 heteroatoms. The van der Waals surface area contributed by atoms with Crippen molar-refractivity contribution in [2.24, 2.45) is 0 Å². The first-order chi connectivity index (χ1) is 12.5. The minimum absolute atomic E-state index is 1.40. The van der Waals surface area contributed by atoms with E-state index in [1.165, 1.54) is 70.6 Å². The number of hydrogen-bond donors (Lipinski definition) is 0. The highest BCUT2D eigenvalue weighted by atomic mass is 32.1. The predicted molar refractivity (Wildman–Crippen MR) is 124 cm³/mol. The fourth-order valence-corrected chi connectivity index (χ4v) is 8.72. The Morgan fingerprint density at radius 2 is 0.654 bits per heavy atom. The highest BCUT2D eigenvalue weighted by molar-refractivity contribution is 7.26. The minimum Gasteiger partial charge on any atom is -0.140 e. The summed E-state index contributed by atoms with van der Waals surface area (Å²) in [4.78, 5) is 5.62. The normalized spacial score (nSPS) is 12.6. The van der Waals surface area contributed by atoms with Crippen molar-refractivity contribution in [3.63, 3.8) is 0 Å². The van der Waals surface area contributed by atoms with Crippen LogP contribution in [0, 0.1) is 27.7 Å². The molecular weight excluding hydrogens is 393 g/mol. The SMILES string of the molecule is Cc1cc2c3cc(C)sc3c3c4sc(C)cc4c4cc(C)sc4c3c2s1. The first kappa shape index (κ1) is 15.6. The lowest BCUT2D eigenvalue weighted by Crippen LogP contribution is -1.78. The second-order valence-corrected chi connectivity index (χ2v) is 12.2. The smallest absolute Gasteiger partial charge is 0.0445 e. The van der Waals surface area contributed by atoms with Crippen molar-refractivity contribution in [3.05, 3.63) is 43.8 Å². The van der Waals surface area contributed by atoms with E-state index in [0.29, 0.717) is 0 Å². The van der Waals surface area contributed by atoms with E-state index < -0.39 is 0 Å². The summed E-state index contributed by atoms with van der Waals surface area (Å²) in [5, 5.41) is 8.77. The molecule has 0 radical (unpaired) electrons. The molecule has 26 heavy (non-hydrogen) atoms. The Morgan fingerprint density at radius 3 is 0.885 bits per heavy atom. The van der Waals surface area contributed by atoms with E-state index in [9.17, 15) is 0 Å². The van der Waals surface area contributed by atoms with Gasteiger partial charge in [-0.05, 0) is 52.0 Å². The van der Waals surface area contributed by atoms with Crippen LogP contribution in [0.4, 0.5) is 0 Å². The monoisotopic (exact) mass is 408 g/mol. The molecule has 0 aliphatic rings. The Bertz CT molecular complexity index is 1290. The van der Waals surface area contributed by atoms with Gasteiger partial charge in [-0.15, -0.1) is 45.3 Å². The Kier molecular flexibility index (Phi) is 3.04. The van der Waals surface area contributed by atoms with Crippen molar-refractivity contribution < 1.29 is 0 Å². The lowest BCUT2D eigenvalue weighted by Gasteiger charge is -2.07. The van der Waals surface area contributed by atoms with E-state index in [4.69, 9.17) is 0 Å². The maximum Gasteiger partial charge on any atom is 0.0445 e. The molecule has 0 N–H and O–H groups in total. The van der Waals surface area contributed by atoms with Crippen LogP contribution in [0.2, 0.25) is 0 Å². The van der Waals surface area contributed by atoms with Gasteiger partial charge in [0, 0.05) is 70.6 Å². The van der Waals surface area contributed by atoms with Crippen LogP contribution in [0.25, 0.3) is 51.1 Å². The van der Waals surface area contributed by atoms with Gasteiger partial charge in [0.2, 0.25) is 0 Å². The zero-order valence-corrected chi connectivity index (χ0v) is 18.2. The zero-order chi connectivity index (χ0) is 17.7. The van der Waals surface area contributed by atoms with E-state index in [1.54, 1.807) is 0 Å². The van der Waals surface area contributed by atoms with E-state index in [1.807, 2.05) is 45.3 Å². The summed E-state index contributed by atoms with van der Waals surface area (Å²) in [6.45, 7) is 8.97. The zero-order valence-electron chi connectivity index (χ0n) is 14.9. The highest BCUT2D eigenvalue weighted by Crippen LogP contribution is 2.51. The second kappa shape index (κ2) is 5.08. The lowest BCUT2D eigenvalue weighted by atomic mass is 10.0. The summed E-state index contributed by atoms with van der Waals surface area (Å²) in [7, 11) is 0. The molecule has 0 saturated heterocycles. The number of benzene rings is 2. The molecule has 6 aromatic rings. The molecule has 0 spiro atoms. The molecule has 0 atom stereocenters. The number of thiophene rings is 4. The maximum absolute atomic E-state index is 2.39. The van der Waals surface area contributed by atoms with Gasteiger partial charge < -0.3 is 0 Å². The quantitative estimate of drug-likeness (QED) is 0.235. The van der Waals surface area contributed by atoms with Crippen molar-refractivity contribution in [3.8, 4) is 0 Å². The van der Waals surface area contributed by atoms with Crippen LogP contribution in [0.1, 0.15) is 19.5 Å². The van der Waals surface area contributed by atoms with Crippen molar-refractivity contribution in [1.29, 1.82) is 0 Å². The van der Waals surface area contributed by atoms with Crippen molar-refractivity contribution in [2.45, 2.75) is 27.7 Å². The number of fused-ring (bicyclic) bond motifs is 11. The van der Waals surface area contributed by atoms with Gasteiger partial charge in [0.05, 0.1) is 0 Å². The van der Waals surface area contributed by atoms with Crippen LogP contribution in [-0.2, 0) is 0 Å². The van der Waals surface area contributed by atoms with Gasteiger partial charge in [0.15, 0.2) is 0 Å². The molecule has 4 heterocycles. The summed E-state index contributed by atoms with van der Waals surface area (Å²) in [5.74, 6) is 0. The molecule has 4 aromatic heterocycles. The fourth-order valence-electron chi connectivity index (χ4n) is 4.26. The molecule has 0 fully saturated rings. The van der Waals surface area contributed by atoms with Crippen LogP contribution in [0.3, 0.4) is 0 Å². The van der Waals surface area contributed by atoms with Crippen LogP contribution >= 0.6 is 45.3 Å². The van der Waals surface area contributed by atoms with Gasteiger partial charge in [-0.1, -0.05) is 0 Å². The van der Waals surface area contributed by atoms with Crippen molar-refractivity contribution >= 4 is 96.5 Å². The topological polar surface area (TPSA) is 0 Å². The Morgan fingerprint density at radius 1 is 0.423 bits per heavy atom. The average molecular weight is 409 g/mol. The average Bonchev–Trinajstić information content (AvgIpc) is 3.30. The summed E-state index contributed by atoms with van der Waals surface area (Å²) < 4.78 is 5.90. The highest BCUT2D eigenvalue weighted by Gasteiger charge is 2.21. The molecule has 6 rings (SSSR count). The first-order valence-electron chi connectivity index (χ1n) is 8.69. The van der Waals surface area contributed by atoms with E-state index in [-0.39, 0.29) is 0 Å². The molecule has 0 unspecified atom stereocenters. The molecular formula is C22H16S4. The number of hydrogen-bond acceptors (Lipinski definition) is 4. The third-order valence-corrected chi connectivity index (χ3v) is 9.43.